The number of hydrogen-bond acceptors (Lipinski definition) is 2. The maximum absolute atomic E-state index is 9.82. The smallest absolute Gasteiger partial charge is 0.244 e. The minimum atomic E-state index is -0.851. The van der Waals surface area contributed by atoms with Crippen LogP contribution in [0, 0.1) is 13.5 Å². The van der Waals surface area contributed by atoms with Crippen molar-refractivity contribution in [3.63, 3.8) is 0 Å². The summed E-state index contributed by atoms with van der Waals surface area (Å²) in [6.45, 7) is 11.0. The monoisotopic (exact) mass is 239 g/mol. The van der Waals surface area contributed by atoms with Gasteiger partial charge in [0.2, 0.25) is 6.54 Å². The van der Waals surface area contributed by atoms with E-state index in [4.69, 9.17) is 22.9 Å². The Hall–Kier alpha value is -1.24. The molecule has 0 amide bonds. The highest BCUT2D eigenvalue weighted by molar-refractivity contribution is 6.30. The van der Waals surface area contributed by atoms with Crippen molar-refractivity contribution in [1.29, 1.82) is 0 Å². The minimum Gasteiger partial charge on any atom is -0.493 e. The van der Waals surface area contributed by atoms with E-state index in [1.807, 2.05) is 13.8 Å². The van der Waals surface area contributed by atoms with Crippen molar-refractivity contribution in [2.75, 3.05) is 13.2 Å². The number of aryl methyl sites for hydroxylation is 1. The lowest BCUT2D eigenvalue weighted by molar-refractivity contribution is 0.188. The average Bonchev–Trinajstić information content (AvgIpc) is 2.22. The van der Waals surface area contributed by atoms with Gasteiger partial charge >= 0.3 is 0 Å². The fraction of sp³-hybridized carbons (Fsp3) is 0.417. The van der Waals surface area contributed by atoms with E-state index in [1.54, 1.807) is 12.1 Å². The van der Waals surface area contributed by atoms with Crippen LogP contribution in [0.5, 0.6) is 5.75 Å². The van der Waals surface area contributed by atoms with E-state index in [0.29, 0.717) is 22.9 Å². The maximum atomic E-state index is 9.82. The Kier molecular flexibility index (Phi) is 4.60. The molecular weight excluding hydrogens is 226 g/mol. The van der Waals surface area contributed by atoms with Gasteiger partial charge in [-0.1, -0.05) is 11.6 Å². The molecule has 16 heavy (non-hydrogen) atoms. The summed E-state index contributed by atoms with van der Waals surface area (Å²) in [4.78, 5) is 3.17. The van der Waals surface area contributed by atoms with Crippen LogP contribution in [-0.2, 0) is 0 Å². The van der Waals surface area contributed by atoms with E-state index >= 15 is 0 Å². The van der Waals surface area contributed by atoms with Crippen LogP contribution in [0.3, 0.4) is 0 Å². The molecule has 1 aromatic rings. The number of hydrogen-bond donors (Lipinski definition) is 1. The third-order valence-corrected chi connectivity index (χ3v) is 2.40. The molecule has 1 aromatic carbocycles. The summed E-state index contributed by atoms with van der Waals surface area (Å²) in [6.07, 6.45) is -0.851. The van der Waals surface area contributed by atoms with Crippen LogP contribution >= 0.6 is 11.6 Å². The van der Waals surface area contributed by atoms with Gasteiger partial charge in [0.05, 0.1) is 6.61 Å². The Labute approximate surface area is 100 Å². The second-order valence-corrected chi connectivity index (χ2v) is 3.87. The lowest BCUT2D eigenvalue weighted by Crippen LogP contribution is -2.06. The van der Waals surface area contributed by atoms with Gasteiger partial charge in [-0.2, -0.15) is 0 Å². The topological polar surface area (TPSA) is 33.8 Å². The minimum absolute atomic E-state index is 0.0137. The molecule has 0 spiro atoms. The molecule has 0 saturated carbocycles. The summed E-state index contributed by atoms with van der Waals surface area (Å²) >= 11 is 5.92. The van der Waals surface area contributed by atoms with E-state index in [-0.39, 0.29) is 6.54 Å². The number of nitrogens with zero attached hydrogens (tertiary/aromatic N) is 1. The molecule has 0 aliphatic carbocycles. The number of ether oxygens (including phenoxy) is 1. The fourth-order valence-corrected chi connectivity index (χ4v) is 1.81. The summed E-state index contributed by atoms with van der Waals surface area (Å²) in [6, 6.07) is 3.43. The Morgan fingerprint density at radius 2 is 2.25 bits per heavy atom. The molecular formula is C12H14ClNO2. The van der Waals surface area contributed by atoms with E-state index in [1.165, 1.54) is 0 Å². The molecule has 0 aliphatic heterocycles. The summed E-state index contributed by atoms with van der Waals surface area (Å²) in [7, 11) is 0. The highest BCUT2D eigenvalue weighted by atomic mass is 35.5. The van der Waals surface area contributed by atoms with Gasteiger partial charge in [0.15, 0.2) is 6.10 Å². The highest BCUT2D eigenvalue weighted by Crippen LogP contribution is 2.32. The van der Waals surface area contributed by atoms with E-state index in [2.05, 4.69) is 4.85 Å². The van der Waals surface area contributed by atoms with Gasteiger partial charge in [-0.3, -0.25) is 0 Å². The average molecular weight is 240 g/mol. The number of benzene rings is 1. The lowest BCUT2D eigenvalue weighted by atomic mass is 10.0. The molecule has 1 unspecified atom stereocenters. The number of aliphatic hydroxyl groups excluding tert-OH is 1. The molecule has 1 N–H and O–H groups in total. The molecule has 0 aromatic heterocycles. The molecule has 0 radical (unpaired) electrons. The molecule has 0 heterocycles. The highest BCUT2D eigenvalue weighted by Gasteiger charge is 2.18. The summed E-state index contributed by atoms with van der Waals surface area (Å²) in [5, 5.41) is 10.4. The second-order valence-electron chi connectivity index (χ2n) is 3.43. The van der Waals surface area contributed by atoms with Crippen LogP contribution in [-0.4, -0.2) is 18.3 Å². The molecule has 0 fully saturated rings. The Balaban J connectivity index is 3.18. The SMILES string of the molecule is [C-]#[N+]CC(O)c1cc(Cl)cc(C)c1OCC. The van der Waals surface area contributed by atoms with Crippen LogP contribution in [0.1, 0.15) is 24.2 Å². The van der Waals surface area contributed by atoms with Crippen LogP contribution in [0.2, 0.25) is 5.02 Å². The van der Waals surface area contributed by atoms with E-state index in [0.717, 1.165) is 5.56 Å². The summed E-state index contributed by atoms with van der Waals surface area (Å²) in [5.41, 5.74) is 1.45. The van der Waals surface area contributed by atoms with Crippen molar-refractivity contribution in [2.24, 2.45) is 0 Å². The van der Waals surface area contributed by atoms with Crippen molar-refractivity contribution in [3.05, 3.63) is 39.7 Å². The molecule has 0 bridgehead atoms. The molecule has 86 valence electrons. The van der Waals surface area contributed by atoms with Crippen LogP contribution in [0.4, 0.5) is 0 Å². The quantitative estimate of drug-likeness (QED) is 0.820. The second kappa shape index (κ2) is 5.74. The van der Waals surface area contributed by atoms with Crippen molar-refractivity contribution in [1.82, 2.24) is 0 Å². The van der Waals surface area contributed by atoms with Gasteiger partial charge in [0.25, 0.3) is 0 Å². The van der Waals surface area contributed by atoms with Gasteiger partial charge in [0.1, 0.15) is 5.75 Å². The van der Waals surface area contributed by atoms with Gasteiger partial charge < -0.3 is 14.7 Å². The Morgan fingerprint density at radius 1 is 1.56 bits per heavy atom. The van der Waals surface area contributed by atoms with Crippen molar-refractivity contribution in [2.45, 2.75) is 20.0 Å². The van der Waals surface area contributed by atoms with Crippen molar-refractivity contribution >= 4 is 11.6 Å². The Morgan fingerprint density at radius 3 is 2.81 bits per heavy atom. The van der Waals surface area contributed by atoms with Crippen LogP contribution in [0.15, 0.2) is 12.1 Å². The predicted molar refractivity (Wildman–Crippen MR) is 63.8 cm³/mol. The first-order chi connectivity index (χ1) is 7.60. The molecule has 1 atom stereocenters. The largest absolute Gasteiger partial charge is 0.493 e. The standard InChI is InChI=1S/C12H14ClNO2/c1-4-16-12-8(2)5-9(13)6-10(12)11(15)7-14-3/h5-6,11,15H,4,7H2,1-2H3. The zero-order valence-corrected chi connectivity index (χ0v) is 10.1. The molecule has 0 saturated heterocycles. The first-order valence-corrected chi connectivity index (χ1v) is 5.42. The lowest BCUT2D eigenvalue weighted by Gasteiger charge is -2.15. The molecule has 4 heteroatoms. The maximum Gasteiger partial charge on any atom is 0.244 e. The normalized spacial score (nSPS) is 11.9. The fourth-order valence-electron chi connectivity index (χ4n) is 1.53. The number of halogens is 1. The predicted octanol–water partition coefficient (Wildman–Crippen LogP) is 3.00. The van der Waals surface area contributed by atoms with Gasteiger partial charge in [-0.05, 0) is 31.5 Å². The van der Waals surface area contributed by atoms with E-state index in [9.17, 15) is 5.11 Å². The first kappa shape index (κ1) is 12.8. The zero-order valence-electron chi connectivity index (χ0n) is 9.33. The van der Waals surface area contributed by atoms with Gasteiger partial charge in [0, 0.05) is 10.6 Å². The first-order valence-electron chi connectivity index (χ1n) is 5.04. The molecule has 1 rings (SSSR count). The molecule has 3 nitrogen and oxygen atoms in total. The third-order valence-electron chi connectivity index (χ3n) is 2.18. The zero-order chi connectivity index (χ0) is 12.1. The van der Waals surface area contributed by atoms with Gasteiger partial charge in [-0.25, -0.2) is 6.57 Å². The number of rotatable bonds is 4. The molecule has 0 aliphatic rings. The summed E-state index contributed by atoms with van der Waals surface area (Å²) in [5.74, 6) is 0.628. The number of aliphatic hydroxyl groups is 1. The van der Waals surface area contributed by atoms with E-state index < -0.39 is 6.10 Å². The van der Waals surface area contributed by atoms with Crippen molar-refractivity contribution < 1.29 is 9.84 Å². The summed E-state index contributed by atoms with van der Waals surface area (Å²) < 4.78 is 5.47. The van der Waals surface area contributed by atoms with Crippen LogP contribution in [0.25, 0.3) is 4.85 Å². The van der Waals surface area contributed by atoms with Gasteiger partial charge in [-0.15, -0.1) is 0 Å². The third kappa shape index (κ3) is 2.88. The Bertz CT molecular complexity index is 412. The van der Waals surface area contributed by atoms with Crippen LogP contribution < -0.4 is 4.74 Å². The van der Waals surface area contributed by atoms with Crippen molar-refractivity contribution in [3.8, 4) is 5.75 Å².